The van der Waals surface area contributed by atoms with Gasteiger partial charge in [0.05, 0.1) is 0 Å². The van der Waals surface area contributed by atoms with Gasteiger partial charge in [-0.2, -0.15) is 0 Å². The van der Waals surface area contributed by atoms with Gasteiger partial charge in [0.25, 0.3) is 0 Å². The van der Waals surface area contributed by atoms with E-state index < -0.39 is 0 Å². The van der Waals surface area contributed by atoms with Gasteiger partial charge in [0, 0.05) is 17.3 Å². The molecule has 0 fully saturated rings. The summed E-state index contributed by atoms with van der Waals surface area (Å²) >= 11 is 0. The van der Waals surface area contributed by atoms with Crippen molar-refractivity contribution in [1.82, 2.24) is 5.32 Å². The molecular formula is C18H19N. The molecule has 0 saturated heterocycles. The monoisotopic (exact) mass is 249 g/mol. The van der Waals surface area contributed by atoms with Crippen LogP contribution in [0.4, 0.5) is 0 Å². The van der Waals surface area contributed by atoms with Crippen LogP contribution in [0.25, 0.3) is 5.70 Å². The molecule has 96 valence electrons. The third-order valence-corrected chi connectivity index (χ3v) is 3.74. The van der Waals surface area contributed by atoms with E-state index in [1.807, 2.05) is 0 Å². The Morgan fingerprint density at radius 2 is 1.68 bits per heavy atom. The number of benzene rings is 2. The van der Waals surface area contributed by atoms with Gasteiger partial charge in [-0.1, -0.05) is 60.7 Å². The standard InChI is InChI=1S/C18H19N/c1-14(15-8-3-2-4-9-15)19-18-13-7-11-16-10-5-6-12-17(16)18/h2-6,8-10,12-14,19H,7,11H2,1H3. The molecule has 1 aliphatic carbocycles. The summed E-state index contributed by atoms with van der Waals surface area (Å²) in [7, 11) is 0. The second-order valence-corrected chi connectivity index (χ2v) is 5.09. The van der Waals surface area contributed by atoms with Crippen molar-refractivity contribution in [1.29, 1.82) is 0 Å². The van der Waals surface area contributed by atoms with Crippen LogP contribution in [0.1, 0.15) is 36.1 Å². The molecular weight excluding hydrogens is 230 g/mol. The van der Waals surface area contributed by atoms with Gasteiger partial charge in [0.15, 0.2) is 0 Å². The summed E-state index contributed by atoms with van der Waals surface area (Å²) in [6.45, 7) is 2.22. The molecule has 19 heavy (non-hydrogen) atoms. The average Bonchev–Trinajstić information content (AvgIpc) is 2.48. The normalized spacial score (nSPS) is 15.3. The molecule has 1 heteroatoms. The predicted octanol–water partition coefficient (Wildman–Crippen LogP) is 4.32. The number of allylic oxidation sites excluding steroid dienone is 1. The van der Waals surface area contributed by atoms with Crippen LogP contribution in [0.5, 0.6) is 0 Å². The molecule has 0 heterocycles. The Bertz CT molecular complexity index is 584. The summed E-state index contributed by atoms with van der Waals surface area (Å²) < 4.78 is 0. The number of hydrogen-bond acceptors (Lipinski definition) is 1. The minimum atomic E-state index is 0.332. The fourth-order valence-corrected chi connectivity index (χ4v) is 2.68. The lowest BCUT2D eigenvalue weighted by Gasteiger charge is -2.23. The number of rotatable bonds is 3. The summed E-state index contributed by atoms with van der Waals surface area (Å²) in [5.41, 5.74) is 5.41. The van der Waals surface area contributed by atoms with E-state index in [1.165, 1.54) is 22.4 Å². The lowest BCUT2D eigenvalue weighted by molar-refractivity contribution is 0.695. The molecule has 0 radical (unpaired) electrons. The Morgan fingerprint density at radius 3 is 2.53 bits per heavy atom. The van der Waals surface area contributed by atoms with E-state index >= 15 is 0 Å². The highest BCUT2D eigenvalue weighted by Gasteiger charge is 2.14. The Labute approximate surface area is 115 Å². The van der Waals surface area contributed by atoms with E-state index in [9.17, 15) is 0 Å². The molecule has 0 aromatic heterocycles. The lowest BCUT2D eigenvalue weighted by atomic mass is 9.94. The third-order valence-electron chi connectivity index (χ3n) is 3.74. The first-order valence-corrected chi connectivity index (χ1v) is 6.94. The van der Waals surface area contributed by atoms with Crippen LogP contribution < -0.4 is 5.32 Å². The molecule has 1 atom stereocenters. The van der Waals surface area contributed by atoms with Crippen molar-refractivity contribution in [2.75, 3.05) is 0 Å². The van der Waals surface area contributed by atoms with Crippen LogP contribution in [0.15, 0.2) is 60.7 Å². The van der Waals surface area contributed by atoms with Crippen LogP contribution in [0, 0.1) is 0 Å². The molecule has 2 aromatic carbocycles. The Kier molecular flexibility index (Phi) is 3.37. The summed E-state index contributed by atoms with van der Waals surface area (Å²) in [5, 5.41) is 3.65. The summed E-state index contributed by atoms with van der Waals surface area (Å²) in [5.74, 6) is 0. The highest BCUT2D eigenvalue weighted by molar-refractivity contribution is 5.69. The smallest absolute Gasteiger partial charge is 0.0485 e. The third kappa shape index (κ3) is 2.55. The van der Waals surface area contributed by atoms with Gasteiger partial charge in [-0.3, -0.25) is 0 Å². The van der Waals surface area contributed by atoms with Crippen LogP contribution in [-0.4, -0.2) is 0 Å². The van der Waals surface area contributed by atoms with Gasteiger partial charge in [-0.25, -0.2) is 0 Å². The molecule has 2 aromatic rings. The van der Waals surface area contributed by atoms with Crippen molar-refractivity contribution >= 4 is 5.70 Å². The van der Waals surface area contributed by atoms with Gasteiger partial charge in [-0.05, 0) is 30.9 Å². The second-order valence-electron chi connectivity index (χ2n) is 5.09. The number of nitrogens with one attached hydrogen (secondary N) is 1. The first kappa shape index (κ1) is 12.0. The van der Waals surface area contributed by atoms with Gasteiger partial charge in [0.2, 0.25) is 0 Å². The second kappa shape index (κ2) is 5.31. The Balaban J connectivity index is 1.83. The zero-order chi connectivity index (χ0) is 13.1. The Morgan fingerprint density at radius 1 is 0.947 bits per heavy atom. The molecule has 1 aliphatic rings. The van der Waals surface area contributed by atoms with Crippen LogP contribution in [0.3, 0.4) is 0 Å². The molecule has 0 spiro atoms. The maximum Gasteiger partial charge on any atom is 0.0485 e. The number of hydrogen-bond donors (Lipinski definition) is 1. The van der Waals surface area contributed by atoms with E-state index in [1.54, 1.807) is 0 Å². The van der Waals surface area contributed by atoms with Crippen molar-refractivity contribution in [2.24, 2.45) is 0 Å². The molecule has 0 bridgehead atoms. The average molecular weight is 249 g/mol. The van der Waals surface area contributed by atoms with Crippen molar-refractivity contribution < 1.29 is 0 Å². The minimum Gasteiger partial charge on any atom is -0.378 e. The molecule has 3 rings (SSSR count). The largest absolute Gasteiger partial charge is 0.378 e. The van der Waals surface area contributed by atoms with Crippen molar-refractivity contribution in [3.63, 3.8) is 0 Å². The maximum atomic E-state index is 3.65. The molecule has 0 amide bonds. The highest BCUT2D eigenvalue weighted by atomic mass is 14.9. The fourth-order valence-electron chi connectivity index (χ4n) is 2.68. The molecule has 1 nitrogen and oxygen atoms in total. The van der Waals surface area contributed by atoms with Gasteiger partial charge < -0.3 is 5.32 Å². The topological polar surface area (TPSA) is 12.0 Å². The first-order valence-electron chi connectivity index (χ1n) is 6.94. The molecule has 1 unspecified atom stereocenters. The van der Waals surface area contributed by atoms with Crippen molar-refractivity contribution in [2.45, 2.75) is 25.8 Å². The van der Waals surface area contributed by atoms with Crippen molar-refractivity contribution in [3.05, 3.63) is 77.4 Å². The zero-order valence-corrected chi connectivity index (χ0v) is 11.3. The zero-order valence-electron chi connectivity index (χ0n) is 11.3. The Hall–Kier alpha value is -2.02. The van der Waals surface area contributed by atoms with Gasteiger partial charge in [0.1, 0.15) is 0 Å². The van der Waals surface area contributed by atoms with E-state index in [4.69, 9.17) is 0 Å². The van der Waals surface area contributed by atoms with Crippen molar-refractivity contribution in [3.8, 4) is 0 Å². The van der Waals surface area contributed by atoms with E-state index in [0.717, 1.165) is 12.8 Å². The molecule has 1 N–H and O–H groups in total. The summed E-state index contributed by atoms with van der Waals surface area (Å²) in [6.07, 6.45) is 4.60. The highest BCUT2D eigenvalue weighted by Crippen LogP contribution is 2.26. The van der Waals surface area contributed by atoms with Crippen LogP contribution in [0.2, 0.25) is 0 Å². The number of fused-ring (bicyclic) bond motifs is 1. The van der Waals surface area contributed by atoms with Crippen LogP contribution in [-0.2, 0) is 6.42 Å². The van der Waals surface area contributed by atoms with E-state index in [2.05, 4.69) is 72.9 Å². The van der Waals surface area contributed by atoms with E-state index in [-0.39, 0.29) is 0 Å². The summed E-state index contributed by atoms with van der Waals surface area (Å²) in [4.78, 5) is 0. The quantitative estimate of drug-likeness (QED) is 0.854. The lowest BCUT2D eigenvalue weighted by Crippen LogP contribution is -2.19. The van der Waals surface area contributed by atoms with Gasteiger partial charge in [-0.15, -0.1) is 0 Å². The molecule has 0 saturated carbocycles. The van der Waals surface area contributed by atoms with E-state index in [0.29, 0.717) is 6.04 Å². The predicted molar refractivity (Wildman–Crippen MR) is 80.7 cm³/mol. The SMILES string of the molecule is CC(NC1=CCCc2ccccc21)c1ccccc1. The fraction of sp³-hybridized carbons (Fsp3) is 0.222. The first-order chi connectivity index (χ1) is 9.34. The van der Waals surface area contributed by atoms with Gasteiger partial charge >= 0.3 is 0 Å². The maximum absolute atomic E-state index is 3.65. The van der Waals surface area contributed by atoms with Crippen LogP contribution >= 0.6 is 0 Å². The number of aryl methyl sites for hydroxylation is 1. The minimum absolute atomic E-state index is 0.332. The molecule has 0 aliphatic heterocycles. The summed E-state index contributed by atoms with van der Waals surface area (Å²) in [6, 6.07) is 19.6.